The molecule has 1 amide bonds. The molecule has 6 heteroatoms. The summed E-state index contributed by atoms with van der Waals surface area (Å²) in [7, 11) is 1.35. The minimum absolute atomic E-state index is 0.0796. The van der Waals surface area contributed by atoms with Crippen LogP contribution in [-0.4, -0.2) is 36.2 Å². The Morgan fingerprint density at radius 3 is 2.68 bits per heavy atom. The summed E-state index contributed by atoms with van der Waals surface area (Å²) < 4.78 is 17.8. The van der Waals surface area contributed by atoms with Crippen molar-refractivity contribution in [3.05, 3.63) is 35.6 Å². The van der Waals surface area contributed by atoms with Crippen molar-refractivity contribution in [2.24, 2.45) is 5.92 Å². The molecular weight excluding hydrogens is 289 g/mol. The second-order valence-electron chi connectivity index (χ2n) is 5.71. The third-order valence-corrected chi connectivity index (χ3v) is 4.12. The molecule has 0 bridgehead atoms. The minimum atomic E-state index is -1.03. The van der Waals surface area contributed by atoms with Crippen molar-refractivity contribution in [1.82, 2.24) is 5.32 Å². The molecule has 2 rings (SSSR count). The van der Waals surface area contributed by atoms with E-state index in [0.29, 0.717) is 25.7 Å². The first kappa shape index (κ1) is 16.4. The van der Waals surface area contributed by atoms with Crippen molar-refractivity contribution in [1.29, 1.82) is 0 Å². The lowest BCUT2D eigenvalue weighted by atomic mass is 9.78. The van der Waals surface area contributed by atoms with Gasteiger partial charge >= 0.3 is 5.97 Å². The van der Waals surface area contributed by atoms with Gasteiger partial charge in [-0.2, -0.15) is 0 Å². The molecule has 1 aromatic rings. The van der Waals surface area contributed by atoms with Crippen molar-refractivity contribution in [3.8, 4) is 0 Å². The molecule has 0 aromatic heterocycles. The number of hydrogen-bond donors (Lipinski definition) is 2. The van der Waals surface area contributed by atoms with E-state index in [-0.39, 0.29) is 24.0 Å². The van der Waals surface area contributed by atoms with E-state index in [2.05, 4.69) is 5.32 Å². The van der Waals surface area contributed by atoms with Crippen LogP contribution < -0.4 is 5.32 Å². The van der Waals surface area contributed by atoms with E-state index >= 15 is 0 Å². The largest absolute Gasteiger partial charge is 0.469 e. The number of ether oxygens (including phenoxy) is 1. The Labute approximate surface area is 128 Å². The average Bonchev–Trinajstić information content (AvgIpc) is 2.52. The Hall–Kier alpha value is -1.95. The highest BCUT2D eigenvalue weighted by atomic mass is 19.1. The van der Waals surface area contributed by atoms with E-state index in [0.717, 1.165) is 6.07 Å². The Morgan fingerprint density at radius 1 is 1.41 bits per heavy atom. The predicted molar refractivity (Wildman–Crippen MR) is 77.7 cm³/mol. The number of rotatable bonds is 4. The molecule has 120 valence electrons. The Bertz CT molecular complexity index is 553. The van der Waals surface area contributed by atoms with Crippen molar-refractivity contribution >= 4 is 11.9 Å². The number of benzene rings is 1. The molecule has 1 aliphatic carbocycles. The Kier molecular flexibility index (Phi) is 5.13. The molecule has 1 aromatic carbocycles. The van der Waals surface area contributed by atoms with Crippen molar-refractivity contribution in [2.75, 3.05) is 13.7 Å². The van der Waals surface area contributed by atoms with Crippen LogP contribution in [0.15, 0.2) is 24.3 Å². The molecule has 0 saturated heterocycles. The predicted octanol–water partition coefficient (Wildman–Crippen LogP) is 1.65. The van der Waals surface area contributed by atoms with Crippen LogP contribution in [-0.2, 0) is 9.53 Å². The number of esters is 1. The van der Waals surface area contributed by atoms with Crippen LogP contribution in [0.5, 0.6) is 0 Å². The van der Waals surface area contributed by atoms with E-state index in [1.165, 1.54) is 25.3 Å². The van der Waals surface area contributed by atoms with Crippen molar-refractivity contribution in [2.45, 2.75) is 31.3 Å². The molecular formula is C16H20FNO4. The number of amides is 1. The van der Waals surface area contributed by atoms with Crippen LogP contribution in [0.25, 0.3) is 0 Å². The smallest absolute Gasteiger partial charge is 0.308 e. The lowest BCUT2D eigenvalue weighted by Crippen LogP contribution is -2.46. The monoisotopic (exact) mass is 309 g/mol. The molecule has 0 aliphatic heterocycles. The van der Waals surface area contributed by atoms with Gasteiger partial charge in [0.05, 0.1) is 18.6 Å². The quantitative estimate of drug-likeness (QED) is 0.829. The third-order valence-electron chi connectivity index (χ3n) is 4.12. The van der Waals surface area contributed by atoms with Gasteiger partial charge in [-0.15, -0.1) is 0 Å². The summed E-state index contributed by atoms with van der Waals surface area (Å²) in [6.07, 6.45) is 1.88. The van der Waals surface area contributed by atoms with E-state index in [4.69, 9.17) is 4.74 Å². The molecule has 0 atom stereocenters. The zero-order valence-corrected chi connectivity index (χ0v) is 12.5. The highest BCUT2D eigenvalue weighted by Crippen LogP contribution is 2.32. The first-order valence-electron chi connectivity index (χ1n) is 7.27. The molecule has 0 heterocycles. The van der Waals surface area contributed by atoms with Crippen LogP contribution in [0.3, 0.4) is 0 Å². The SMILES string of the molecule is COC(=O)C1CCC(O)(CNC(=O)c2cccc(F)c2)CC1. The van der Waals surface area contributed by atoms with Gasteiger partial charge in [0.25, 0.3) is 5.91 Å². The highest BCUT2D eigenvalue weighted by Gasteiger charge is 2.36. The third kappa shape index (κ3) is 4.04. The average molecular weight is 309 g/mol. The fourth-order valence-electron chi connectivity index (χ4n) is 2.71. The molecule has 5 nitrogen and oxygen atoms in total. The number of methoxy groups -OCH3 is 1. The maximum absolute atomic E-state index is 13.1. The fraction of sp³-hybridized carbons (Fsp3) is 0.500. The molecule has 1 fully saturated rings. The van der Waals surface area contributed by atoms with Crippen LogP contribution >= 0.6 is 0 Å². The van der Waals surface area contributed by atoms with E-state index in [9.17, 15) is 19.1 Å². The summed E-state index contributed by atoms with van der Waals surface area (Å²) in [6.45, 7) is 0.0796. The maximum Gasteiger partial charge on any atom is 0.308 e. The topological polar surface area (TPSA) is 75.6 Å². The first-order valence-corrected chi connectivity index (χ1v) is 7.27. The summed E-state index contributed by atoms with van der Waals surface area (Å²) in [6, 6.07) is 5.38. The number of hydrogen-bond acceptors (Lipinski definition) is 4. The van der Waals surface area contributed by atoms with Crippen molar-refractivity contribution in [3.63, 3.8) is 0 Å². The van der Waals surface area contributed by atoms with Crippen LogP contribution in [0, 0.1) is 11.7 Å². The van der Waals surface area contributed by atoms with Gasteiger partial charge in [0, 0.05) is 12.1 Å². The lowest BCUT2D eigenvalue weighted by Gasteiger charge is -2.35. The summed E-state index contributed by atoms with van der Waals surface area (Å²) in [5.41, 5.74) is -0.820. The van der Waals surface area contributed by atoms with Crippen LogP contribution in [0.4, 0.5) is 4.39 Å². The number of carbonyl (C=O) groups is 2. The Morgan fingerprint density at radius 2 is 2.09 bits per heavy atom. The molecule has 2 N–H and O–H groups in total. The normalized spacial score (nSPS) is 24.6. The molecule has 1 aliphatic rings. The molecule has 22 heavy (non-hydrogen) atoms. The zero-order valence-electron chi connectivity index (χ0n) is 12.5. The van der Waals surface area contributed by atoms with Crippen LogP contribution in [0.1, 0.15) is 36.0 Å². The van der Waals surface area contributed by atoms with Gasteiger partial charge in [-0.05, 0) is 43.9 Å². The van der Waals surface area contributed by atoms with Gasteiger partial charge < -0.3 is 15.2 Å². The number of aliphatic hydroxyl groups is 1. The number of nitrogens with one attached hydrogen (secondary N) is 1. The molecule has 0 unspecified atom stereocenters. The van der Waals surface area contributed by atoms with E-state index in [1.54, 1.807) is 0 Å². The second-order valence-corrected chi connectivity index (χ2v) is 5.71. The van der Waals surface area contributed by atoms with Gasteiger partial charge in [0.1, 0.15) is 5.82 Å². The van der Waals surface area contributed by atoms with Gasteiger partial charge in [-0.25, -0.2) is 4.39 Å². The zero-order chi connectivity index (χ0) is 16.2. The van der Waals surface area contributed by atoms with E-state index in [1.807, 2.05) is 0 Å². The first-order chi connectivity index (χ1) is 10.4. The molecule has 0 spiro atoms. The van der Waals surface area contributed by atoms with Crippen molar-refractivity contribution < 1.29 is 23.8 Å². The molecule has 0 radical (unpaired) electrons. The summed E-state index contributed by atoms with van der Waals surface area (Å²) >= 11 is 0. The maximum atomic E-state index is 13.1. The summed E-state index contributed by atoms with van der Waals surface area (Å²) in [4.78, 5) is 23.4. The summed E-state index contributed by atoms with van der Waals surface area (Å²) in [5.74, 6) is -1.36. The molecule has 1 saturated carbocycles. The van der Waals surface area contributed by atoms with Crippen LogP contribution in [0.2, 0.25) is 0 Å². The minimum Gasteiger partial charge on any atom is -0.469 e. The number of halogens is 1. The second kappa shape index (κ2) is 6.87. The number of carbonyl (C=O) groups excluding carboxylic acids is 2. The van der Waals surface area contributed by atoms with Gasteiger partial charge in [-0.3, -0.25) is 9.59 Å². The van der Waals surface area contributed by atoms with Gasteiger partial charge in [-0.1, -0.05) is 6.07 Å². The summed E-state index contributed by atoms with van der Waals surface area (Å²) in [5, 5.41) is 13.1. The fourth-order valence-corrected chi connectivity index (χ4v) is 2.71. The van der Waals surface area contributed by atoms with Gasteiger partial charge in [0.15, 0.2) is 0 Å². The van der Waals surface area contributed by atoms with E-state index < -0.39 is 17.3 Å². The Balaban J connectivity index is 1.86. The highest BCUT2D eigenvalue weighted by molar-refractivity contribution is 5.94. The standard InChI is InChI=1S/C16H20FNO4/c1-22-15(20)11-5-7-16(21,8-6-11)10-18-14(19)12-3-2-4-13(17)9-12/h2-4,9,11,21H,5-8,10H2,1H3,(H,18,19). The lowest BCUT2D eigenvalue weighted by molar-refractivity contribution is -0.148. The van der Waals surface area contributed by atoms with Gasteiger partial charge in [0.2, 0.25) is 0 Å².